The summed E-state index contributed by atoms with van der Waals surface area (Å²) in [7, 11) is 0. The minimum atomic E-state index is -0.296. The van der Waals surface area contributed by atoms with E-state index in [4.69, 9.17) is 4.98 Å². The predicted octanol–water partition coefficient (Wildman–Crippen LogP) is 3.36. The third kappa shape index (κ3) is 4.31. The summed E-state index contributed by atoms with van der Waals surface area (Å²) in [5.74, 6) is 1.06. The van der Waals surface area contributed by atoms with Crippen LogP contribution in [0.3, 0.4) is 0 Å². The smallest absolute Gasteiger partial charge is 0.225 e. The Labute approximate surface area is 159 Å². The molecule has 1 saturated heterocycles. The number of piperidine rings is 1. The standard InChI is InChI=1S/C22H24N4O/c27-21(16-17-6-2-1-3-7-17)18-10-14-26(15-11-18)22-24-13-9-20(25-22)19-8-4-5-12-23-19/h1-9,12-13,18,21,27H,10-11,14-16H2/t21-/m1/s1. The lowest BCUT2D eigenvalue weighted by atomic mass is 9.88. The van der Waals surface area contributed by atoms with Crippen molar-refractivity contribution in [2.75, 3.05) is 18.0 Å². The summed E-state index contributed by atoms with van der Waals surface area (Å²) in [6.07, 6.45) is 5.89. The predicted molar refractivity (Wildman–Crippen MR) is 106 cm³/mol. The topological polar surface area (TPSA) is 62.1 Å². The molecule has 5 nitrogen and oxygen atoms in total. The zero-order valence-corrected chi connectivity index (χ0v) is 15.3. The molecule has 5 heteroatoms. The van der Waals surface area contributed by atoms with E-state index in [1.807, 2.05) is 42.5 Å². The summed E-state index contributed by atoms with van der Waals surface area (Å²) in [5.41, 5.74) is 2.89. The number of benzene rings is 1. The van der Waals surface area contributed by atoms with Gasteiger partial charge in [0.1, 0.15) is 0 Å². The van der Waals surface area contributed by atoms with Gasteiger partial charge in [0.15, 0.2) is 0 Å². The SMILES string of the molecule is O[C@H](Cc1ccccc1)C1CCN(c2nccc(-c3ccccn3)n2)CC1. The zero-order valence-electron chi connectivity index (χ0n) is 15.3. The Morgan fingerprint density at radius 2 is 1.67 bits per heavy atom. The van der Waals surface area contributed by atoms with Gasteiger partial charge in [0.25, 0.3) is 0 Å². The summed E-state index contributed by atoms with van der Waals surface area (Å²) in [4.78, 5) is 15.7. The molecule has 0 amide bonds. The highest BCUT2D eigenvalue weighted by Gasteiger charge is 2.26. The fraction of sp³-hybridized carbons (Fsp3) is 0.318. The van der Waals surface area contributed by atoms with Crippen molar-refractivity contribution in [2.24, 2.45) is 5.92 Å². The van der Waals surface area contributed by atoms with E-state index in [-0.39, 0.29) is 6.10 Å². The van der Waals surface area contributed by atoms with Crippen LogP contribution in [0.4, 0.5) is 5.95 Å². The average molecular weight is 360 g/mol. The number of anilines is 1. The molecule has 1 aliphatic rings. The van der Waals surface area contributed by atoms with E-state index in [0.29, 0.717) is 5.92 Å². The maximum Gasteiger partial charge on any atom is 0.225 e. The Morgan fingerprint density at radius 1 is 0.889 bits per heavy atom. The lowest BCUT2D eigenvalue weighted by molar-refractivity contribution is 0.0928. The Hall–Kier alpha value is -2.79. The van der Waals surface area contributed by atoms with Gasteiger partial charge in [-0.05, 0) is 48.9 Å². The van der Waals surface area contributed by atoms with Crippen LogP contribution in [0.15, 0.2) is 67.0 Å². The lowest BCUT2D eigenvalue weighted by Gasteiger charge is -2.34. The summed E-state index contributed by atoms with van der Waals surface area (Å²) in [5, 5.41) is 10.6. The van der Waals surface area contributed by atoms with Crippen LogP contribution < -0.4 is 4.90 Å². The Kier molecular flexibility index (Phi) is 5.39. The number of aliphatic hydroxyl groups is 1. The van der Waals surface area contributed by atoms with Gasteiger partial charge in [0.05, 0.1) is 17.5 Å². The molecule has 0 unspecified atom stereocenters. The highest BCUT2D eigenvalue weighted by molar-refractivity contribution is 5.55. The van der Waals surface area contributed by atoms with E-state index in [9.17, 15) is 5.11 Å². The van der Waals surface area contributed by atoms with Crippen molar-refractivity contribution in [1.82, 2.24) is 15.0 Å². The largest absolute Gasteiger partial charge is 0.392 e. The highest BCUT2D eigenvalue weighted by atomic mass is 16.3. The van der Waals surface area contributed by atoms with Crippen LogP contribution in [0, 0.1) is 5.92 Å². The third-order valence-electron chi connectivity index (χ3n) is 5.22. The van der Waals surface area contributed by atoms with E-state index in [1.54, 1.807) is 12.4 Å². The van der Waals surface area contributed by atoms with Crippen LogP contribution in [0.25, 0.3) is 11.4 Å². The first kappa shape index (κ1) is 17.6. The van der Waals surface area contributed by atoms with Crippen molar-refractivity contribution in [3.05, 3.63) is 72.6 Å². The second-order valence-electron chi connectivity index (χ2n) is 7.04. The molecule has 1 N–H and O–H groups in total. The van der Waals surface area contributed by atoms with Crippen LogP contribution in [-0.4, -0.2) is 39.3 Å². The normalized spacial score (nSPS) is 16.3. The van der Waals surface area contributed by atoms with Crippen molar-refractivity contribution < 1.29 is 5.11 Å². The number of hydrogen-bond donors (Lipinski definition) is 1. The van der Waals surface area contributed by atoms with Gasteiger partial charge in [-0.15, -0.1) is 0 Å². The molecule has 27 heavy (non-hydrogen) atoms. The van der Waals surface area contributed by atoms with Gasteiger partial charge < -0.3 is 10.0 Å². The van der Waals surface area contributed by atoms with Crippen molar-refractivity contribution in [3.63, 3.8) is 0 Å². The van der Waals surface area contributed by atoms with E-state index in [1.165, 1.54) is 5.56 Å². The van der Waals surface area contributed by atoms with Crippen molar-refractivity contribution in [1.29, 1.82) is 0 Å². The van der Waals surface area contributed by atoms with Crippen molar-refractivity contribution in [2.45, 2.75) is 25.4 Å². The van der Waals surface area contributed by atoms with Gasteiger partial charge >= 0.3 is 0 Å². The first-order valence-electron chi connectivity index (χ1n) is 9.51. The molecule has 3 aromatic rings. The van der Waals surface area contributed by atoms with Crippen molar-refractivity contribution >= 4 is 5.95 Å². The molecular formula is C22H24N4O. The quantitative estimate of drug-likeness (QED) is 0.756. The van der Waals surface area contributed by atoms with Gasteiger partial charge in [-0.1, -0.05) is 36.4 Å². The fourth-order valence-electron chi connectivity index (χ4n) is 3.66. The van der Waals surface area contributed by atoms with Crippen LogP contribution in [0.5, 0.6) is 0 Å². The highest BCUT2D eigenvalue weighted by Crippen LogP contribution is 2.26. The molecule has 0 radical (unpaired) electrons. The maximum absolute atomic E-state index is 10.6. The monoisotopic (exact) mass is 360 g/mol. The number of aliphatic hydroxyl groups excluding tert-OH is 1. The first-order chi connectivity index (χ1) is 13.3. The maximum atomic E-state index is 10.6. The van der Waals surface area contributed by atoms with Crippen molar-refractivity contribution in [3.8, 4) is 11.4 Å². The average Bonchev–Trinajstić information content (AvgIpc) is 2.75. The van der Waals surface area contributed by atoms with Gasteiger partial charge in [0, 0.05) is 25.5 Å². The molecule has 0 spiro atoms. The molecule has 1 aliphatic heterocycles. The minimum absolute atomic E-state index is 0.296. The Morgan fingerprint density at radius 3 is 2.41 bits per heavy atom. The molecule has 4 rings (SSSR count). The van der Waals surface area contributed by atoms with Gasteiger partial charge in [-0.2, -0.15) is 0 Å². The number of rotatable bonds is 5. The second kappa shape index (κ2) is 8.27. The summed E-state index contributed by atoms with van der Waals surface area (Å²) in [6, 6.07) is 17.9. The van der Waals surface area contributed by atoms with Crippen LogP contribution in [0.2, 0.25) is 0 Å². The molecule has 0 aliphatic carbocycles. The van der Waals surface area contributed by atoms with E-state index >= 15 is 0 Å². The van der Waals surface area contributed by atoms with Crippen LogP contribution in [-0.2, 0) is 6.42 Å². The number of pyridine rings is 1. The summed E-state index contributed by atoms with van der Waals surface area (Å²) < 4.78 is 0. The Balaban J connectivity index is 1.38. The molecule has 0 saturated carbocycles. The molecule has 1 aromatic carbocycles. The molecule has 0 bridgehead atoms. The molecule has 1 fully saturated rings. The van der Waals surface area contributed by atoms with E-state index < -0.39 is 0 Å². The third-order valence-corrected chi connectivity index (χ3v) is 5.22. The number of nitrogens with zero attached hydrogens (tertiary/aromatic N) is 4. The summed E-state index contributed by atoms with van der Waals surface area (Å²) >= 11 is 0. The van der Waals surface area contributed by atoms with E-state index in [0.717, 1.165) is 49.7 Å². The minimum Gasteiger partial charge on any atom is -0.392 e. The van der Waals surface area contributed by atoms with Gasteiger partial charge in [0.2, 0.25) is 5.95 Å². The molecule has 3 heterocycles. The number of hydrogen-bond acceptors (Lipinski definition) is 5. The first-order valence-corrected chi connectivity index (χ1v) is 9.51. The molecule has 1 atom stereocenters. The van der Waals surface area contributed by atoms with Crippen LogP contribution >= 0.6 is 0 Å². The van der Waals surface area contributed by atoms with Gasteiger partial charge in [-0.25, -0.2) is 9.97 Å². The van der Waals surface area contributed by atoms with Gasteiger partial charge in [-0.3, -0.25) is 4.98 Å². The lowest BCUT2D eigenvalue weighted by Crippen LogP contribution is -2.39. The Bertz CT molecular complexity index is 848. The molecule has 2 aromatic heterocycles. The van der Waals surface area contributed by atoms with E-state index in [2.05, 4.69) is 27.0 Å². The molecular weight excluding hydrogens is 336 g/mol. The molecule has 138 valence electrons. The zero-order chi connectivity index (χ0) is 18.5. The summed E-state index contributed by atoms with van der Waals surface area (Å²) in [6.45, 7) is 1.73. The number of aromatic nitrogens is 3. The second-order valence-corrected chi connectivity index (χ2v) is 7.04. The van der Waals surface area contributed by atoms with Crippen LogP contribution in [0.1, 0.15) is 18.4 Å². The fourth-order valence-corrected chi connectivity index (χ4v) is 3.66.